The average Bonchev–Trinajstić information content (AvgIpc) is 1.99. The lowest BCUT2D eigenvalue weighted by Crippen LogP contribution is -3.00. The fourth-order valence-corrected chi connectivity index (χ4v) is 0.815. The molecular weight excluding hydrogens is 213 g/mol. The molecular formula is C8H18Cl2NO2-. The predicted molar refractivity (Wildman–Crippen MR) is 43.3 cm³/mol. The van der Waals surface area contributed by atoms with E-state index in [0.717, 1.165) is 13.0 Å². The minimum atomic E-state index is -0.177. The van der Waals surface area contributed by atoms with E-state index in [1.54, 1.807) is 5.32 Å². The maximum atomic E-state index is 10.7. The van der Waals surface area contributed by atoms with Gasteiger partial charge < -0.3 is 29.6 Å². The van der Waals surface area contributed by atoms with Gasteiger partial charge in [0.2, 0.25) is 0 Å². The van der Waals surface area contributed by atoms with Crippen LogP contribution in [0.3, 0.4) is 0 Å². The Morgan fingerprint density at radius 3 is 2.31 bits per heavy atom. The van der Waals surface area contributed by atoms with Crippen molar-refractivity contribution in [1.29, 1.82) is 0 Å². The zero-order valence-corrected chi connectivity index (χ0v) is 9.70. The van der Waals surface area contributed by atoms with Crippen LogP contribution in [0.1, 0.15) is 33.1 Å². The summed E-state index contributed by atoms with van der Waals surface area (Å²) in [7, 11) is 0. The van der Waals surface area contributed by atoms with Crippen LogP contribution in [0.2, 0.25) is 0 Å². The molecule has 0 bridgehead atoms. The maximum absolute atomic E-state index is 10.7. The second-order valence-electron chi connectivity index (χ2n) is 2.45. The third kappa shape index (κ3) is 14.8. The van der Waals surface area contributed by atoms with Gasteiger partial charge in [0, 0.05) is 0 Å². The van der Waals surface area contributed by atoms with Crippen molar-refractivity contribution >= 4 is 6.09 Å². The van der Waals surface area contributed by atoms with Gasteiger partial charge in [0.05, 0.1) is 13.2 Å². The Hall–Kier alpha value is 0.01000. The molecule has 0 saturated heterocycles. The molecule has 0 aromatic carbocycles. The molecule has 0 saturated carbocycles. The molecule has 0 aliphatic carbocycles. The molecule has 5 heteroatoms. The number of ether oxygens (including phenoxy) is 1. The van der Waals surface area contributed by atoms with Crippen LogP contribution in [-0.2, 0) is 4.74 Å². The average molecular weight is 231 g/mol. The molecule has 0 aliphatic heterocycles. The molecule has 2 N–H and O–H groups in total. The number of hydrogen-bond donors (Lipinski definition) is 1. The molecule has 0 rings (SSSR count). The van der Waals surface area contributed by atoms with Crippen molar-refractivity contribution in [2.75, 3.05) is 13.2 Å². The summed E-state index contributed by atoms with van der Waals surface area (Å²) in [5.74, 6) is 0. The second-order valence-corrected chi connectivity index (χ2v) is 2.45. The Morgan fingerprint density at radius 1 is 1.23 bits per heavy atom. The summed E-state index contributed by atoms with van der Waals surface area (Å²) in [5.41, 5.74) is 0. The summed E-state index contributed by atoms with van der Waals surface area (Å²) in [6, 6.07) is 0. The van der Waals surface area contributed by atoms with Gasteiger partial charge in [-0.05, 0) is 19.8 Å². The van der Waals surface area contributed by atoms with Crippen LogP contribution in [0, 0.1) is 0 Å². The topological polar surface area (TPSA) is 42.9 Å². The largest absolute Gasteiger partial charge is 1.00 e. The number of rotatable bonds is 5. The number of halogens is 2. The number of nitrogens with two attached hydrogens (primary N) is 1. The molecule has 0 atom stereocenters. The second kappa shape index (κ2) is 14.5. The molecule has 0 unspecified atom stereocenters. The highest BCUT2D eigenvalue weighted by Gasteiger charge is 2.02. The Morgan fingerprint density at radius 2 is 1.85 bits per heavy atom. The van der Waals surface area contributed by atoms with Crippen LogP contribution in [0.4, 0.5) is 4.79 Å². The van der Waals surface area contributed by atoms with E-state index in [9.17, 15) is 4.79 Å². The summed E-state index contributed by atoms with van der Waals surface area (Å²) >= 11 is 0. The molecule has 0 spiro atoms. The molecule has 0 radical (unpaired) electrons. The number of quaternary nitrogens is 1. The first-order chi connectivity index (χ1) is 5.31. The van der Waals surface area contributed by atoms with E-state index in [0.29, 0.717) is 6.61 Å². The molecule has 82 valence electrons. The van der Waals surface area contributed by atoms with Crippen molar-refractivity contribution in [2.45, 2.75) is 33.1 Å². The van der Waals surface area contributed by atoms with Crippen molar-refractivity contribution in [3.05, 3.63) is 0 Å². The minimum Gasteiger partial charge on any atom is -1.00 e. The summed E-state index contributed by atoms with van der Waals surface area (Å²) in [4.78, 5) is 10.7. The third-order valence-corrected chi connectivity index (χ3v) is 1.41. The van der Waals surface area contributed by atoms with Crippen molar-refractivity contribution in [3.63, 3.8) is 0 Å². The van der Waals surface area contributed by atoms with Gasteiger partial charge >= 0.3 is 6.09 Å². The van der Waals surface area contributed by atoms with Crippen molar-refractivity contribution < 1.29 is 39.7 Å². The summed E-state index contributed by atoms with van der Waals surface area (Å²) in [5, 5.41) is 1.62. The van der Waals surface area contributed by atoms with Crippen LogP contribution in [0.15, 0.2) is 0 Å². The van der Waals surface area contributed by atoms with Crippen LogP contribution < -0.4 is 30.1 Å². The number of carbonyl (C=O) groups is 1. The number of amides is 1. The van der Waals surface area contributed by atoms with E-state index in [2.05, 4.69) is 6.92 Å². The standard InChI is InChI=1S/C8H17NO2.2ClH/c1-3-5-6-7-9-8(10)11-4-2;;/h3-7H2,1-2H3,(H,9,10);2*1H/p-1. The van der Waals surface area contributed by atoms with Crippen LogP contribution >= 0.6 is 0 Å². The smallest absolute Gasteiger partial charge is 0.512 e. The van der Waals surface area contributed by atoms with Gasteiger partial charge in [-0.2, -0.15) is 4.79 Å². The van der Waals surface area contributed by atoms with Crippen LogP contribution in [-0.4, -0.2) is 19.2 Å². The van der Waals surface area contributed by atoms with Crippen molar-refractivity contribution in [2.24, 2.45) is 0 Å². The van der Waals surface area contributed by atoms with Gasteiger partial charge in [0.15, 0.2) is 0 Å². The van der Waals surface area contributed by atoms with Gasteiger partial charge in [-0.1, -0.05) is 13.3 Å². The Bertz CT molecular complexity index is 112. The molecule has 1 amide bonds. The highest BCUT2D eigenvalue weighted by Crippen LogP contribution is 1.88. The Balaban J connectivity index is -0.000000500. The molecule has 0 aromatic rings. The predicted octanol–water partition coefficient (Wildman–Crippen LogP) is -5.10. The first-order valence-electron chi connectivity index (χ1n) is 4.31. The maximum Gasteiger partial charge on any atom is 0.512 e. The zero-order chi connectivity index (χ0) is 8.53. The lowest BCUT2D eigenvalue weighted by Gasteiger charge is -1.98. The van der Waals surface area contributed by atoms with Gasteiger partial charge in [0.25, 0.3) is 0 Å². The fourth-order valence-electron chi connectivity index (χ4n) is 0.815. The summed E-state index contributed by atoms with van der Waals surface area (Å²) in [6.07, 6.45) is 3.30. The molecule has 0 fully saturated rings. The van der Waals surface area contributed by atoms with E-state index >= 15 is 0 Å². The Labute approximate surface area is 92.4 Å². The summed E-state index contributed by atoms with van der Waals surface area (Å²) < 4.78 is 4.73. The summed E-state index contributed by atoms with van der Waals surface area (Å²) in [6.45, 7) is 5.29. The fraction of sp³-hybridized carbons (Fsp3) is 0.875. The third-order valence-electron chi connectivity index (χ3n) is 1.41. The van der Waals surface area contributed by atoms with Gasteiger partial charge in [-0.25, -0.2) is 5.32 Å². The first kappa shape index (κ1) is 18.7. The van der Waals surface area contributed by atoms with Crippen LogP contribution in [0.25, 0.3) is 0 Å². The molecule has 0 heterocycles. The first-order valence-corrected chi connectivity index (χ1v) is 4.31. The van der Waals surface area contributed by atoms with Gasteiger partial charge in [0.1, 0.15) is 0 Å². The lowest BCUT2D eigenvalue weighted by atomic mass is 10.2. The quantitative estimate of drug-likeness (QED) is 0.481. The lowest BCUT2D eigenvalue weighted by molar-refractivity contribution is -0.570. The van der Waals surface area contributed by atoms with Crippen molar-refractivity contribution in [1.82, 2.24) is 0 Å². The monoisotopic (exact) mass is 230 g/mol. The van der Waals surface area contributed by atoms with Crippen molar-refractivity contribution in [3.8, 4) is 0 Å². The minimum absolute atomic E-state index is 0. The highest BCUT2D eigenvalue weighted by molar-refractivity contribution is 5.55. The number of carbonyl (C=O) groups excluding carboxylic acids is 1. The van der Waals surface area contributed by atoms with Gasteiger partial charge in [-0.3, -0.25) is 0 Å². The highest BCUT2D eigenvalue weighted by atomic mass is 35.5. The van der Waals surface area contributed by atoms with E-state index in [1.807, 2.05) is 6.92 Å². The SMILES string of the molecule is CCCCC[NH2+]C(=O)OCC.[Cl-].[Cl-]. The number of unbranched alkanes of at least 4 members (excludes halogenated alkanes) is 2. The number of primary amides is 1. The van der Waals surface area contributed by atoms with E-state index in [1.165, 1.54) is 12.8 Å². The van der Waals surface area contributed by atoms with E-state index in [-0.39, 0.29) is 30.9 Å². The van der Waals surface area contributed by atoms with Crippen LogP contribution in [0.5, 0.6) is 0 Å². The van der Waals surface area contributed by atoms with E-state index < -0.39 is 0 Å². The number of hydrogen-bond acceptors (Lipinski definition) is 2. The molecule has 0 aromatic heterocycles. The molecule has 0 aliphatic rings. The van der Waals surface area contributed by atoms with E-state index in [4.69, 9.17) is 4.74 Å². The molecule has 13 heavy (non-hydrogen) atoms. The normalized spacial score (nSPS) is 8.15. The van der Waals surface area contributed by atoms with Gasteiger partial charge in [-0.15, -0.1) is 0 Å². The zero-order valence-electron chi connectivity index (χ0n) is 8.19. The Kier molecular flexibility index (Phi) is 20.9. The molecule has 3 nitrogen and oxygen atoms in total.